The van der Waals surface area contributed by atoms with Crippen LogP contribution in [0.3, 0.4) is 0 Å². The molecule has 0 saturated heterocycles. The van der Waals surface area contributed by atoms with E-state index in [2.05, 4.69) is 4.84 Å². The fraction of sp³-hybridized carbons (Fsp3) is 0.222. The number of Topliss-reactive ketones (excluding diaryl/α,β-unsaturated/α-hetero) is 1. The zero-order valence-electron chi connectivity index (χ0n) is 6.83. The number of ketones is 1. The standard InChI is InChI=1S/C9H10NO2/c1-7(11)9-5-3-2-4-8(9)6-12-10/h2-5,10H,6H2,1H3. The molecule has 0 heterocycles. The summed E-state index contributed by atoms with van der Waals surface area (Å²) in [5.74, 6) is 6.57. The molecule has 1 radical (unpaired) electrons. The van der Waals surface area contributed by atoms with Crippen LogP contribution in [0.4, 0.5) is 0 Å². The van der Waals surface area contributed by atoms with Crippen LogP contribution in [0.1, 0.15) is 22.8 Å². The summed E-state index contributed by atoms with van der Waals surface area (Å²) < 4.78 is 0. The number of hydrogen-bond donors (Lipinski definition) is 0. The number of benzene rings is 1. The molecule has 0 saturated carbocycles. The molecule has 0 amide bonds. The molecule has 0 fully saturated rings. The summed E-state index contributed by atoms with van der Waals surface area (Å²) in [5, 5.41) is 0. The van der Waals surface area contributed by atoms with Gasteiger partial charge in [-0.2, -0.15) is 0 Å². The van der Waals surface area contributed by atoms with Crippen molar-refractivity contribution in [3.63, 3.8) is 0 Å². The lowest BCUT2D eigenvalue weighted by Crippen LogP contribution is -2.00. The second-order valence-corrected chi connectivity index (χ2v) is 2.50. The van der Waals surface area contributed by atoms with E-state index in [0.717, 1.165) is 5.56 Å². The average Bonchev–Trinajstić information content (AvgIpc) is 2.05. The van der Waals surface area contributed by atoms with E-state index < -0.39 is 0 Å². The molecule has 0 spiro atoms. The highest BCUT2D eigenvalue weighted by atomic mass is 16.6. The van der Waals surface area contributed by atoms with Crippen molar-refractivity contribution < 1.29 is 9.63 Å². The van der Waals surface area contributed by atoms with Crippen LogP contribution in [-0.4, -0.2) is 5.78 Å². The average molecular weight is 164 g/mol. The third kappa shape index (κ3) is 1.90. The van der Waals surface area contributed by atoms with Crippen molar-refractivity contribution in [2.75, 3.05) is 0 Å². The van der Waals surface area contributed by atoms with E-state index in [-0.39, 0.29) is 12.4 Å². The SMILES string of the molecule is CC(=O)c1ccccc1CO[NH]. The lowest BCUT2D eigenvalue weighted by Gasteiger charge is -2.03. The molecule has 0 aliphatic carbocycles. The Morgan fingerprint density at radius 1 is 1.50 bits per heavy atom. The van der Waals surface area contributed by atoms with E-state index in [9.17, 15) is 4.79 Å². The number of carbonyl (C=O) groups excluding carboxylic acids is 1. The molecule has 1 rings (SSSR count). The second-order valence-electron chi connectivity index (χ2n) is 2.50. The molecule has 3 nitrogen and oxygen atoms in total. The first-order valence-electron chi connectivity index (χ1n) is 3.63. The van der Waals surface area contributed by atoms with Crippen LogP contribution >= 0.6 is 0 Å². The topological polar surface area (TPSA) is 50.1 Å². The first-order valence-corrected chi connectivity index (χ1v) is 3.63. The maximum atomic E-state index is 11.0. The number of rotatable bonds is 3. The lowest BCUT2D eigenvalue weighted by molar-refractivity contribution is 0.0968. The molecule has 0 aromatic heterocycles. The quantitative estimate of drug-likeness (QED) is 0.503. The Kier molecular flexibility index (Phi) is 2.96. The molecule has 1 aromatic rings. The molecule has 0 bridgehead atoms. The second kappa shape index (κ2) is 3.99. The van der Waals surface area contributed by atoms with Crippen LogP contribution in [0.5, 0.6) is 0 Å². The van der Waals surface area contributed by atoms with Crippen LogP contribution in [0.25, 0.3) is 0 Å². The molecular weight excluding hydrogens is 154 g/mol. The summed E-state index contributed by atoms with van der Waals surface area (Å²) in [6.07, 6.45) is 0. The van der Waals surface area contributed by atoms with Gasteiger partial charge in [-0.3, -0.25) is 9.63 Å². The normalized spacial score (nSPS) is 9.83. The summed E-state index contributed by atoms with van der Waals surface area (Å²) in [4.78, 5) is 15.2. The van der Waals surface area contributed by atoms with Crippen molar-refractivity contribution in [2.24, 2.45) is 0 Å². The third-order valence-corrected chi connectivity index (χ3v) is 1.62. The molecule has 12 heavy (non-hydrogen) atoms. The van der Waals surface area contributed by atoms with E-state index in [1.807, 2.05) is 6.07 Å². The smallest absolute Gasteiger partial charge is 0.160 e. The predicted octanol–water partition coefficient (Wildman–Crippen LogP) is 1.60. The van der Waals surface area contributed by atoms with E-state index in [1.54, 1.807) is 18.2 Å². The van der Waals surface area contributed by atoms with E-state index >= 15 is 0 Å². The maximum Gasteiger partial charge on any atom is 0.160 e. The first-order chi connectivity index (χ1) is 5.75. The van der Waals surface area contributed by atoms with Gasteiger partial charge in [0.2, 0.25) is 0 Å². The van der Waals surface area contributed by atoms with Gasteiger partial charge < -0.3 is 0 Å². The minimum absolute atomic E-state index is 0.00245. The van der Waals surface area contributed by atoms with Crippen LogP contribution < -0.4 is 5.90 Å². The Labute approximate surface area is 71.1 Å². The monoisotopic (exact) mass is 164 g/mol. The van der Waals surface area contributed by atoms with E-state index in [1.165, 1.54) is 6.92 Å². The summed E-state index contributed by atoms with van der Waals surface area (Å²) in [7, 11) is 0. The van der Waals surface area contributed by atoms with Crippen LogP contribution in [-0.2, 0) is 11.4 Å². The Hall–Kier alpha value is -1.19. The van der Waals surface area contributed by atoms with Gasteiger partial charge in [-0.1, -0.05) is 24.3 Å². The van der Waals surface area contributed by atoms with Crippen molar-refractivity contribution in [1.82, 2.24) is 5.90 Å². The molecule has 1 N–H and O–H groups in total. The van der Waals surface area contributed by atoms with Crippen LogP contribution in [0.15, 0.2) is 24.3 Å². The third-order valence-electron chi connectivity index (χ3n) is 1.62. The van der Waals surface area contributed by atoms with Crippen molar-refractivity contribution in [3.05, 3.63) is 35.4 Å². The van der Waals surface area contributed by atoms with Crippen molar-refractivity contribution in [2.45, 2.75) is 13.5 Å². The zero-order valence-corrected chi connectivity index (χ0v) is 6.83. The van der Waals surface area contributed by atoms with Gasteiger partial charge in [0.15, 0.2) is 5.78 Å². The van der Waals surface area contributed by atoms with Crippen molar-refractivity contribution >= 4 is 5.78 Å². The summed E-state index contributed by atoms with van der Waals surface area (Å²) >= 11 is 0. The Morgan fingerprint density at radius 3 is 2.75 bits per heavy atom. The molecule has 1 aromatic carbocycles. The Balaban J connectivity index is 3.00. The van der Waals surface area contributed by atoms with Gasteiger partial charge in [0.25, 0.3) is 0 Å². The fourth-order valence-electron chi connectivity index (χ4n) is 1.07. The van der Waals surface area contributed by atoms with Gasteiger partial charge in [0.05, 0.1) is 6.61 Å². The van der Waals surface area contributed by atoms with Gasteiger partial charge in [-0.05, 0) is 12.5 Å². The summed E-state index contributed by atoms with van der Waals surface area (Å²) in [6, 6.07) is 7.13. The molecule has 63 valence electrons. The highest BCUT2D eigenvalue weighted by Gasteiger charge is 2.04. The highest BCUT2D eigenvalue weighted by Crippen LogP contribution is 2.09. The zero-order chi connectivity index (χ0) is 8.97. The largest absolute Gasteiger partial charge is 0.294 e. The summed E-state index contributed by atoms with van der Waals surface area (Å²) in [5.41, 5.74) is 1.39. The summed E-state index contributed by atoms with van der Waals surface area (Å²) in [6.45, 7) is 1.67. The number of carbonyl (C=O) groups is 1. The van der Waals surface area contributed by atoms with Gasteiger partial charge in [-0.25, -0.2) is 0 Å². The highest BCUT2D eigenvalue weighted by molar-refractivity contribution is 5.95. The number of hydrogen-bond acceptors (Lipinski definition) is 2. The molecular formula is C9H10NO2. The molecule has 0 unspecified atom stereocenters. The fourth-order valence-corrected chi connectivity index (χ4v) is 1.07. The van der Waals surface area contributed by atoms with Crippen molar-refractivity contribution in [3.8, 4) is 0 Å². The Morgan fingerprint density at radius 2 is 2.17 bits per heavy atom. The number of nitrogens with one attached hydrogen (secondary N) is 1. The molecule has 0 aliphatic heterocycles. The maximum absolute atomic E-state index is 11.0. The van der Waals surface area contributed by atoms with Gasteiger partial charge in [-0.15, -0.1) is 5.90 Å². The minimum atomic E-state index is 0.00245. The molecule has 0 aliphatic rings. The molecule has 0 atom stereocenters. The van der Waals surface area contributed by atoms with Gasteiger partial charge in [0.1, 0.15) is 0 Å². The predicted molar refractivity (Wildman–Crippen MR) is 44.3 cm³/mol. The lowest BCUT2D eigenvalue weighted by atomic mass is 10.1. The van der Waals surface area contributed by atoms with E-state index in [0.29, 0.717) is 5.56 Å². The van der Waals surface area contributed by atoms with E-state index in [4.69, 9.17) is 5.90 Å². The van der Waals surface area contributed by atoms with Crippen molar-refractivity contribution in [1.29, 1.82) is 0 Å². The Bertz CT molecular complexity index is 284. The molecule has 3 heteroatoms. The van der Waals surface area contributed by atoms with Crippen LogP contribution in [0.2, 0.25) is 0 Å². The van der Waals surface area contributed by atoms with Gasteiger partial charge in [0, 0.05) is 5.56 Å². The first kappa shape index (κ1) is 8.90. The minimum Gasteiger partial charge on any atom is -0.294 e. The van der Waals surface area contributed by atoms with Crippen LogP contribution in [0, 0.1) is 0 Å². The van der Waals surface area contributed by atoms with Gasteiger partial charge >= 0.3 is 0 Å².